The standard InChI is InChI=1S/C28H27N3O2S/c32-27-26(19-24-13-7-8-14-25(24)33-21-23-11-5-2-6-12-23)34-28(29-27)31-17-15-30(16-18-31)20-22-9-3-1-4-10-22/h1-14,19H,15-18,20-21H2. The molecule has 1 amide bonds. The Balaban J connectivity index is 1.20. The molecule has 3 aromatic carbocycles. The number of thioether (sulfide) groups is 1. The number of carbonyl (C=O) groups is 1. The Bertz CT molecular complexity index is 1190. The Morgan fingerprint density at radius 2 is 1.47 bits per heavy atom. The first-order valence-electron chi connectivity index (χ1n) is 11.5. The summed E-state index contributed by atoms with van der Waals surface area (Å²) in [6, 6.07) is 28.4. The molecule has 172 valence electrons. The minimum atomic E-state index is -0.176. The second-order valence-electron chi connectivity index (χ2n) is 8.37. The summed E-state index contributed by atoms with van der Waals surface area (Å²) >= 11 is 1.46. The average molecular weight is 470 g/mol. The van der Waals surface area contributed by atoms with Crippen molar-refractivity contribution in [3.8, 4) is 5.75 Å². The predicted molar refractivity (Wildman–Crippen MR) is 139 cm³/mol. The fourth-order valence-corrected chi connectivity index (χ4v) is 5.04. The second-order valence-corrected chi connectivity index (χ2v) is 9.38. The number of ether oxygens (including phenoxy) is 1. The van der Waals surface area contributed by atoms with Crippen molar-refractivity contribution >= 4 is 28.9 Å². The molecule has 0 unspecified atom stereocenters. The summed E-state index contributed by atoms with van der Waals surface area (Å²) in [6.07, 6.45) is 1.90. The van der Waals surface area contributed by atoms with Gasteiger partial charge >= 0.3 is 0 Å². The van der Waals surface area contributed by atoms with E-state index >= 15 is 0 Å². The van der Waals surface area contributed by atoms with Gasteiger partial charge in [0.15, 0.2) is 5.17 Å². The van der Waals surface area contributed by atoms with Crippen LogP contribution in [0.15, 0.2) is 94.8 Å². The van der Waals surface area contributed by atoms with Crippen LogP contribution >= 0.6 is 11.8 Å². The first-order valence-corrected chi connectivity index (χ1v) is 12.4. The van der Waals surface area contributed by atoms with E-state index in [1.807, 2.05) is 66.7 Å². The zero-order chi connectivity index (χ0) is 23.2. The predicted octanol–water partition coefficient (Wildman–Crippen LogP) is 5.05. The molecule has 2 heterocycles. The highest BCUT2D eigenvalue weighted by molar-refractivity contribution is 8.18. The third-order valence-electron chi connectivity index (χ3n) is 5.94. The summed E-state index contributed by atoms with van der Waals surface area (Å²) < 4.78 is 6.05. The fraction of sp³-hybridized carbons (Fsp3) is 0.214. The third-order valence-corrected chi connectivity index (χ3v) is 6.99. The van der Waals surface area contributed by atoms with Gasteiger partial charge in [-0.1, -0.05) is 78.9 Å². The smallest absolute Gasteiger partial charge is 0.286 e. The average Bonchev–Trinajstić information content (AvgIpc) is 3.25. The first kappa shape index (κ1) is 22.4. The number of hydrogen-bond donors (Lipinski definition) is 0. The fourth-order valence-electron chi connectivity index (χ4n) is 4.08. The van der Waals surface area contributed by atoms with Crippen molar-refractivity contribution in [2.45, 2.75) is 13.2 Å². The summed E-state index contributed by atoms with van der Waals surface area (Å²) in [5.74, 6) is 0.583. The van der Waals surface area contributed by atoms with E-state index in [1.54, 1.807) is 0 Å². The van der Waals surface area contributed by atoms with Gasteiger partial charge in [0.1, 0.15) is 12.4 Å². The Morgan fingerprint density at radius 3 is 2.21 bits per heavy atom. The minimum Gasteiger partial charge on any atom is -0.488 e. The van der Waals surface area contributed by atoms with E-state index in [4.69, 9.17) is 4.74 Å². The summed E-state index contributed by atoms with van der Waals surface area (Å²) in [5.41, 5.74) is 3.32. The van der Waals surface area contributed by atoms with Gasteiger partial charge in [0.25, 0.3) is 5.91 Å². The van der Waals surface area contributed by atoms with Gasteiger partial charge in [-0.25, -0.2) is 0 Å². The van der Waals surface area contributed by atoms with Crippen molar-refractivity contribution in [3.05, 3.63) is 107 Å². The number of hydrogen-bond acceptors (Lipinski definition) is 5. The summed E-state index contributed by atoms with van der Waals surface area (Å²) in [7, 11) is 0. The second kappa shape index (κ2) is 10.7. The molecule has 3 aromatic rings. The number of aliphatic imine (C=N–C) groups is 1. The zero-order valence-electron chi connectivity index (χ0n) is 19.0. The molecule has 0 aliphatic carbocycles. The van der Waals surface area contributed by atoms with Gasteiger partial charge in [0, 0.05) is 38.3 Å². The Labute approximate surface area is 204 Å². The lowest BCUT2D eigenvalue weighted by molar-refractivity contribution is -0.113. The minimum absolute atomic E-state index is 0.176. The molecule has 1 fully saturated rings. The number of amidine groups is 1. The topological polar surface area (TPSA) is 45.1 Å². The molecule has 5 rings (SSSR count). The van der Waals surface area contributed by atoms with Crippen molar-refractivity contribution in [2.75, 3.05) is 26.2 Å². The van der Waals surface area contributed by atoms with Crippen LogP contribution in [0.25, 0.3) is 6.08 Å². The third kappa shape index (κ3) is 5.58. The summed E-state index contributed by atoms with van der Waals surface area (Å²) in [4.78, 5) is 22.3. The van der Waals surface area contributed by atoms with Gasteiger partial charge in [-0.15, -0.1) is 0 Å². The van der Waals surface area contributed by atoms with Crippen LogP contribution in [-0.4, -0.2) is 47.1 Å². The van der Waals surface area contributed by atoms with Gasteiger partial charge in [-0.3, -0.25) is 9.69 Å². The van der Waals surface area contributed by atoms with E-state index in [-0.39, 0.29) is 5.91 Å². The summed E-state index contributed by atoms with van der Waals surface area (Å²) in [5, 5.41) is 0.804. The van der Waals surface area contributed by atoms with Crippen molar-refractivity contribution < 1.29 is 9.53 Å². The van der Waals surface area contributed by atoms with Crippen molar-refractivity contribution in [1.82, 2.24) is 9.80 Å². The molecular formula is C28H27N3O2S. The van der Waals surface area contributed by atoms with Crippen LogP contribution in [-0.2, 0) is 17.9 Å². The number of carbonyl (C=O) groups excluding carboxylic acids is 1. The van der Waals surface area contributed by atoms with Gasteiger partial charge in [-0.2, -0.15) is 4.99 Å². The molecule has 1 saturated heterocycles. The quantitative estimate of drug-likeness (QED) is 0.473. The van der Waals surface area contributed by atoms with E-state index in [9.17, 15) is 4.79 Å². The van der Waals surface area contributed by atoms with Crippen LogP contribution < -0.4 is 4.74 Å². The molecule has 0 N–H and O–H groups in total. The molecule has 34 heavy (non-hydrogen) atoms. The zero-order valence-corrected chi connectivity index (χ0v) is 19.8. The van der Waals surface area contributed by atoms with E-state index < -0.39 is 0 Å². The lowest BCUT2D eigenvalue weighted by atomic mass is 10.2. The Morgan fingerprint density at radius 1 is 0.824 bits per heavy atom. The van der Waals surface area contributed by atoms with E-state index in [0.29, 0.717) is 11.5 Å². The maximum absolute atomic E-state index is 12.7. The molecule has 0 saturated carbocycles. The highest BCUT2D eigenvalue weighted by atomic mass is 32.2. The molecule has 0 bridgehead atoms. The van der Waals surface area contributed by atoms with E-state index in [1.165, 1.54) is 17.3 Å². The SMILES string of the molecule is O=C1N=C(N2CCN(Cc3ccccc3)CC2)SC1=Cc1ccccc1OCc1ccccc1. The van der Waals surface area contributed by atoms with Crippen molar-refractivity contribution in [2.24, 2.45) is 4.99 Å². The van der Waals surface area contributed by atoms with Crippen LogP contribution in [0, 0.1) is 0 Å². The molecule has 0 spiro atoms. The van der Waals surface area contributed by atoms with Crippen molar-refractivity contribution in [3.63, 3.8) is 0 Å². The van der Waals surface area contributed by atoms with Gasteiger partial charge in [-0.05, 0) is 35.0 Å². The van der Waals surface area contributed by atoms with E-state index in [2.05, 4.69) is 39.1 Å². The Kier molecular flexibility index (Phi) is 7.08. The maximum atomic E-state index is 12.7. The van der Waals surface area contributed by atoms with E-state index in [0.717, 1.165) is 54.8 Å². The van der Waals surface area contributed by atoms with Crippen LogP contribution in [0.3, 0.4) is 0 Å². The lowest BCUT2D eigenvalue weighted by Gasteiger charge is -2.35. The monoisotopic (exact) mass is 469 g/mol. The molecule has 0 atom stereocenters. The van der Waals surface area contributed by atoms with Crippen LogP contribution in [0.2, 0.25) is 0 Å². The number of para-hydroxylation sites is 1. The highest BCUT2D eigenvalue weighted by Crippen LogP contribution is 2.33. The van der Waals surface area contributed by atoms with Gasteiger partial charge in [0.05, 0.1) is 4.91 Å². The molecule has 6 heteroatoms. The molecule has 2 aliphatic heterocycles. The van der Waals surface area contributed by atoms with Crippen LogP contribution in [0.1, 0.15) is 16.7 Å². The molecule has 0 aromatic heterocycles. The van der Waals surface area contributed by atoms with Crippen LogP contribution in [0.4, 0.5) is 0 Å². The number of amides is 1. The number of nitrogens with zero attached hydrogens (tertiary/aromatic N) is 3. The molecule has 5 nitrogen and oxygen atoms in total. The largest absolute Gasteiger partial charge is 0.488 e. The maximum Gasteiger partial charge on any atom is 0.286 e. The number of piperazine rings is 1. The normalized spacial score (nSPS) is 17.8. The number of rotatable bonds is 6. The highest BCUT2D eigenvalue weighted by Gasteiger charge is 2.28. The molecular weight excluding hydrogens is 442 g/mol. The molecule has 2 aliphatic rings. The first-order chi connectivity index (χ1) is 16.7. The lowest BCUT2D eigenvalue weighted by Crippen LogP contribution is -2.47. The molecule has 0 radical (unpaired) electrons. The summed E-state index contributed by atoms with van der Waals surface area (Å²) in [6.45, 7) is 5.09. The van der Waals surface area contributed by atoms with Gasteiger partial charge < -0.3 is 9.64 Å². The number of benzene rings is 3. The van der Waals surface area contributed by atoms with Crippen molar-refractivity contribution in [1.29, 1.82) is 0 Å². The Hall–Kier alpha value is -3.35. The van der Waals surface area contributed by atoms with Gasteiger partial charge in [0.2, 0.25) is 0 Å². The van der Waals surface area contributed by atoms with Crippen LogP contribution in [0.5, 0.6) is 5.75 Å².